The van der Waals surface area contributed by atoms with Gasteiger partial charge < -0.3 is 19.1 Å². The molecule has 158 valence electrons. The summed E-state index contributed by atoms with van der Waals surface area (Å²) >= 11 is 0. The van der Waals surface area contributed by atoms with Gasteiger partial charge in [0, 0.05) is 30.7 Å². The molecule has 0 saturated carbocycles. The summed E-state index contributed by atoms with van der Waals surface area (Å²) in [6, 6.07) is 13.8. The van der Waals surface area contributed by atoms with Gasteiger partial charge in [0.05, 0.1) is 21.3 Å². The average Bonchev–Trinajstić information content (AvgIpc) is 3.25. The van der Waals surface area contributed by atoms with Crippen LogP contribution in [0.4, 0.5) is 5.69 Å². The van der Waals surface area contributed by atoms with Gasteiger partial charge in [-0.1, -0.05) is 6.07 Å². The van der Waals surface area contributed by atoms with Gasteiger partial charge in [0.1, 0.15) is 0 Å². The van der Waals surface area contributed by atoms with Crippen LogP contribution in [-0.4, -0.2) is 38.8 Å². The van der Waals surface area contributed by atoms with Gasteiger partial charge in [-0.15, -0.1) is 0 Å². The summed E-state index contributed by atoms with van der Waals surface area (Å²) in [5.74, 6) is 1.55. The van der Waals surface area contributed by atoms with Gasteiger partial charge in [-0.25, -0.2) is 0 Å². The van der Waals surface area contributed by atoms with Crippen LogP contribution in [0, 0.1) is 0 Å². The highest BCUT2D eigenvalue weighted by molar-refractivity contribution is 6.05. The Morgan fingerprint density at radius 1 is 0.935 bits per heavy atom. The van der Waals surface area contributed by atoms with E-state index in [1.807, 2.05) is 36.4 Å². The largest absolute Gasteiger partial charge is 0.493 e. The zero-order valence-corrected chi connectivity index (χ0v) is 17.8. The normalized spacial score (nSPS) is 12.7. The summed E-state index contributed by atoms with van der Waals surface area (Å²) in [6.07, 6.45) is 7.74. The number of anilines is 1. The van der Waals surface area contributed by atoms with Gasteiger partial charge in [0.2, 0.25) is 5.75 Å². The Labute approximate surface area is 181 Å². The number of amides is 1. The third-order valence-corrected chi connectivity index (χ3v) is 5.36. The van der Waals surface area contributed by atoms with Crippen LogP contribution in [0.25, 0.3) is 17.2 Å². The van der Waals surface area contributed by atoms with Gasteiger partial charge in [0.25, 0.3) is 5.91 Å². The summed E-state index contributed by atoms with van der Waals surface area (Å²) in [4.78, 5) is 18.8. The first-order valence-electron chi connectivity index (χ1n) is 9.97. The van der Waals surface area contributed by atoms with Crippen molar-refractivity contribution in [2.75, 3.05) is 32.8 Å². The third kappa shape index (κ3) is 4.10. The second-order valence-corrected chi connectivity index (χ2v) is 7.11. The quantitative estimate of drug-likeness (QED) is 0.558. The lowest BCUT2D eigenvalue weighted by molar-refractivity contribution is -0.114. The Kier molecular flexibility index (Phi) is 5.89. The smallest absolute Gasteiger partial charge is 0.251 e. The lowest BCUT2D eigenvalue weighted by atomic mass is 10.0. The van der Waals surface area contributed by atoms with E-state index < -0.39 is 0 Å². The van der Waals surface area contributed by atoms with E-state index in [2.05, 4.69) is 11.1 Å². The Morgan fingerprint density at radius 3 is 2.29 bits per heavy atom. The van der Waals surface area contributed by atoms with E-state index in [-0.39, 0.29) is 5.91 Å². The first kappa shape index (κ1) is 20.5. The van der Waals surface area contributed by atoms with Crippen LogP contribution in [0.1, 0.15) is 11.1 Å². The second-order valence-electron chi connectivity index (χ2n) is 7.11. The number of nitrogens with zero attached hydrogens (tertiary/aromatic N) is 2. The van der Waals surface area contributed by atoms with Crippen molar-refractivity contribution in [3.8, 4) is 28.4 Å². The van der Waals surface area contributed by atoms with E-state index in [9.17, 15) is 4.79 Å². The predicted molar refractivity (Wildman–Crippen MR) is 121 cm³/mol. The molecule has 0 atom stereocenters. The Morgan fingerprint density at radius 2 is 1.65 bits per heavy atom. The molecule has 0 N–H and O–H groups in total. The summed E-state index contributed by atoms with van der Waals surface area (Å²) in [6.45, 7) is 0.660. The van der Waals surface area contributed by atoms with Crippen LogP contribution in [0.15, 0.2) is 60.9 Å². The van der Waals surface area contributed by atoms with Crippen molar-refractivity contribution in [3.05, 3.63) is 72.1 Å². The number of ether oxygens (including phenoxy) is 3. The number of pyridine rings is 1. The van der Waals surface area contributed by atoms with Crippen molar-refractivity contribution < 1.29 is 19.0 Å². The maximum Gasteiger partial charge on any atom is 0.251 e. The monoisotopic (exact) mass is 416 g/mol. The van der Waals surface area contributed by atoms with Crippen LogP contribution in [-0.2, 0) is 11.2 Å². The minimum Gasteiger partial charge on any atom is -0.493 e. The molecule has 2 aromatic carbocycles. The van der Waals surface area contributed by atoms with Crippen LogP contribution in [0.5, 0.6) is 17.2 Å². The van der Waals surface area contributed by atoms with Crippen LogP contribution >= 0.6 is 0 Å². The van der Waals surface area contributed by atoms with Gasteiger partial charge >= 0.3 is 0 Å². The van der Waals surface area contributed by atoms with E-state index in [4.69, 9.17) is 14.2 Å². The van der Waals surface area contributed by atoms with Crippen molar-refractivity contribution in [2.24, 2.45) is 0 Å². The molecule has 0 aliphatic carbocycles. The number of hydrogen-bond donors (Lipinski definition) is 0. The molecule has 1 aliphatic heterocycles. The lowest BCUT2D eigenvalue weighted by Gasteiger charge is -2.16. The number of carbonyl (C=O) groups is 1. The molecular formula is C25H24N2O4. The fourth-order valence-corrected chi connectivity index (χ4v) is 3.81. The van der Waals surface area contributed by atoms with Crippen LogP contribution in [0.3, 0.4) is 0 Å². The van der Waals surface area contributed by atoms with Crippen molar-refractivity contribution >= 4 is 17.7 Å². The number of carbonyl (C=O) groups excluding carboxylic acids is 1. The highest BCUT2D eigenvalue weighted by Crippen LogP contribution is 2.38. The van der Waals surface area contributed by atoms with E-state index >= 15 is 0 Å². The molecule has 4 rings (SSSR count). The first-order chi connectivity index (χ1) is 15.1. The van der Waals surface area contributed by atoms with Crippen molar-refractivity contribution in [1.82, 2.24) is 4.98 Å². The molecule has 1 amide bonds. The highest BCUT2D eigenvalue weighted by atomic mass is 16.5. The molecule has 6 nitrogen and oxygen atoms in total. The maximum absolute atomic E-state index is 12.9. The Balaban J connectivity index is 1.55. The second kappa shape index (κ2) is 8.92. The van der Waals surface area contributed by atoms with Crippen LogP contribution in [0.2, 0.25) is 0 Å². The van der Waals surface area contributed by atoms with E-state index in [0.717, 1.165) is 28.8 Å². The summed E-state index contributed by atoms with van der Waals surface area (Å²) in [5, 5.41) is 0. The summed E-state index contributed by atoms with van der Waals surface area (Å²) in [7, 11) is 4.69. The molecule has 3 aromatic rings. The van der Waals surface area contributed by atoms with Gasteiger partial charge in [0.15, 0.2) is 11.5 Å². The van der Waals surface area contributed by atoms with Gasteiger partial charge in [-0.05, 0) is 71.1 Å². The van der Waals surface area contributed by atoms with Gasteiger partial charge in [-0.3, -0.25) is 9.78 Å². The fourth-order valence-electron chi connectivity index (χ4n) is 3.81. The standard InChI is InChI=1S/C25H24N2O4/c1-29-22-14-17(15-23(30-2)25(22)31-3)4-7-24(28)27-13-10-20-16-19(5-6-21(20)27)18-8-11-26-12-9-18/h4-9,11-12,14-16H,10,13H2,1-3H3. The minimum absolute atomic E-state index is 0.0656. The molecule has 0 unspecified atom stereocenters. The topological polar surface area (TPSA) is 60.9 Å². The first-order valence-corrected chi connectivity index (χ1v) is 9.97. The zero-order valence-electron chi connectivity index (χ0n) is 17.8. The fraction of sp³-hybridized carbons (Fsp3) is 0.200. The highest BCUT2D eigenvalue weighted by Gasteiger charge is 2.23. The number of fused-ring (bicyclic) bond motifs is 1. The molecule has 1 aliphatic rings. The van der Waals surface area contributed by atoms with E-state index in [1.165, 1.54) is 5.56 Å². The number of hydrogen-bond acceptors (Lipinski definition) is 5. The molecule has 0 saturated heterocycles. The van der Waals surface area contributed by atoms with Gasteiger partial charge in [-0.2, -0.15) is 0 Å². The molecule has 6 heteroatoms. The summed E-state index contributed by atoms with van der Waals surface area (Å²) in [5.41, 5.74) is 5.16. The number of aromatic nitrogens is 1. The Bertz CT molecular complexity index is 1100. The molecule has 0 bridgehead atoms. The average molecular weight is 416 g/mol. The number of benzene rings is 2. The molecule has 1 aromatic heterocycles. The maximum atomic E-state index is 12.9. The summed E-state index contributed by atoms with van der Waals surface area (Å²) < 4.78 is 16.1. The Hall–Kier alpha value is -3.80. The SMILES string of the molecule is COc1cc(C=CC(=O)N2CCc3cc(-c4ccncc4)ccc32)cc(OC)c1OC. The van der Waals surface area contributed by atoms with Crippen molar-refractivity contribution in [1.29, 1.82) is 0 Å². The van der Waals surface area contributed by atoms with Crippen LogP contribution < -0.4 is 19.1 Å². The molecule has 0 radical (unpaired) electrons. The molecule has 2 heterocycles. The molecular weight excluding hydrogens is 392 g/mol. The molecule has 31 heavy (non-hydrogen) atoms. The zero-order chi connectivity index (χ0) is 21.8. The third-order valence-electron chi connectivity index (χ3n) is 5.36. The number of methoxy groups -OCH3 is 3. The number of rotatable bonds is 6. The lowest BCUT2D eigenvalue weighted by Crippen LogP contribution is -2.26. The van der Waals surface area contributed by atoms with Crippen molar-refractivity contribution in [3.63, 3.8) is 0 Å². The minimum atomic E-state index is -0.0656. The van der Waals surface area contributed by atoms with Crippen molar-refractivity contribution in [2.45, 2.75) is 6.42 Å². The van der Waals surface area contributed by atoms with E-state index in [0.29, 0.717) is 23.8 Å². The van der Waals surface area contributed by atoms with E-state index in [1.54, 1.807) is 50.8 Å². The molecule has 0 fully saturated rings. The predicted octanol–water partition coefficient (Wildman–Crippen LogP) is 4.38. The molecule has 0 spiro atoms.